The third kappa shape index (κ3) is 6.18. The molecule has 2 aliphatic rings. The van der Waals surface area contributed by atoms with Gasteiger partial charge in [-0.25, -0.2) is 9.97 Å². The Balaban J connectivity index is 1.40. The zero-order valence-corrected chi connectivity index (χ0v) is 21.7. The van der Waals surface area contributed by atoms with Crippen molar-refractivity contribution in [1.29, 1.82) is 0 Å². The van der Waals surface area contributed by atoms with Gasteiger partial charge in [-0.1, -0.05) is 35.0 Å². The summed E-state index contributed by atoms with van der Waals surface area (Å²) in [5, 5.41) is 11.9. The molecule has 4 rings (SSSR count). The molecule has 36 heavy (non-hydrogen) atoms. The molecule has 0 bridgehead atoms. The number of carbonyl (C=O) groups excluding carboxylic acids is 1. The molecule has 196 valence electrons. The van der Waals surface area contributed by atoms with E-state index in [0.29, 0.717) is 38.5 Å². The Labute approximate surface area is 217 Å². The van der Waals surface area contributed by atoms with Crippen molar-refractivity contribution in [3.8, 4) is 0 Å². The van der Waals surface area contributed by atoms with Crippen molar-refractivity contribution in [3.63, 3.8) is 0 Å². The Bertz CT molecular complexity index is 1040. The summed E-state index contributed by atoms with van der Waals surface area (Å²) in [4.78, 5) is 26.6. The van der Waals surface area contributed by atoms with Crippen molar-refractivity contribution in [2.75, 3.05) is 44.2 Å². The third-order valence-corrected chi connectivity index (χ3v) is 7.57. The highest BCUT2D eigenvalue weighted by Crippen LogP contribution is 2.37. The molecule has 0 radical (unpaired) electrons. The molecule has 1 saturated heterocycles. The monoisotopic (exact) mass is 569 g/mol. The number of hydrogen-bond acceptors (Lipinski definition) is 6. The highest BCUT2D eigenvalue weighted by Gasteiger charge is 2.38. The predicted octanol–water partition coefficient (Wildman–Crippen LogP) is 3.62. The van der Waals surface area contributed by atoms with Gasteiger partial charge in [0.25, 0.3) is 0 Å². The van der Waals surface area contributed by atoms with E-state index in [1.54, 1.807) is 6.33 Å². The van der Waals surface area contributed by atoms with E-state index in [9.17, 15) is 23.1 Å². The molecule has 1 fully saturated rings. The molecule has 1 unspecified atom stereocenters. The lowest BCUT2D eigenvalue weighted by Gasteiger charge is -2.38. The molecule has 2 N–H and O–H groups in total. The van der Waals surface area contributed by atoms with Crippen LogP contribution in [0, 0.1) is 0 Å². The number of benzene rings is 1. The summed E-state index contributed by atoms with van der Waals surface area (Å²) in [6, 6.07) is 7.43. The first-order chi connectivity index (χ1) is 17.1. The molecule has 3 atom stereocenters. The van der Waals surface area contributed by atoms with Crippen LogP contribution < -0.4 is 10.2 Å². The number of hydrogen-bond donors (Lipinski definition) is 2. The number of aliphatic hydroxyl groups is 1. The molecule has 7 nitrogen and oxygen atoms in total. The fourth-order valence-electron chi connectivity index (χ4n) is 4.96. The van der Waals surface area contributed by atoms with Crippen LogP contribution in [0.1, 0.15) is 48.4 Å². The van der Waals surface area contributed by atoms with Crippen LogP contribution >= 0.6 is 15.9 Å². The number of amides is 1. The first kappa shape index (κ1) is 26.8. The molecule has 2 aromatic rings. The molecular formula is C25H31BrF3N5O2. The number of nitrogens with zero attached hydrogens (tertiary/aromatic N) is 4. The number of fused-ring (bicyclic) bond motifs is 1. The molecule has 1 amide bonds. The van der Waals surface area contributed by atoms with Crippen molar-refractivity contribution >= 4 is 27.7 Å². The zero-order valence-electron chi connectivity index (χ0n) is 20.1. The standard InChI is InChI=1S/C25H31BrF3N5O2/c1-16-2-7-20-22(16)23(32-15-31-20)33-10-12-34(13-11-33)24(36)19(17-3-5-18(26)6-4-17)8-9-30-14-21(35)25(27,28)29/h3-6,15-16,19,21,30,35H,2,7-14H2,1H3/t16-,19-,21?/m1/s1. The Hall–Kier alpha value is -2.24. The third-order valence-electron chi connectivity index (χ3n) is 7.04. The van der Waals surface area contributed by atoms with Crippen molar-refractivity contribution in [2.45, 2.75) is 50.3 Å². The first-order valence-electron chi connectivity index (χ1n) is 12.2. The molecule has 1 aromatic carbocycles. The van der Waals surface area contributed by atoms with Crippen molar-refractivity contribution < 1.29 is 23.1 Å². The SMILES string of the molecule is C[C@@H]1CCc2ncnc(N3CCN(C(=O)[C@H](CCNCC(O)C(F)(F)F)c4ccc(Br)cc4)CC3)c21. The maximum atomic E-state index is 13.6. The number of rotatable bonds is 8. The van der Waals surface area contributed by atoms with Crippen LogP contribution in [0.5, 0.6) is 0 Å². The minimum Gasteiger partial charge on any atom is -0.382 e. The normalized spacial score (nSPS) is 19.8. The summed E-state index contributed by atoms with van der Waals surface area (Å²) >= 11 is 3.40. The van der Waals surface area contributed by atoms with Crippen LogP contribution in [0.3, 0.4) is 0 Å². The maximum absolute atomic E-state index is 13.6. The lowest BCUT2D eigenvalue weighted by molar-refractivity contribution is -0.201. The van der Waals surface area contributed by atoms with Crippen LogP contribution in [0.15, 0.2) is 35.1 Å². The van der Waals surface area contributed by atoms with Crippen LogP contribution in [-0.2, 0) is 11.2 Å². The van der Waals surface area contributed by atoms with Crippen LogP contribution in [-0.4, -0.2) is 77.4 Å². The summed E-state index contributed by atoms with van der Waals surface area (Å²) in [7, 11) is 0. The fourth-order valence-corrected chi connectivity index (χ4v) is 5.23. The lowest BCUT2D eigenvalue weighted by atomic mass is 9.93. The van der Waals surface area contributed by atoms with E-state index in [1.165, 1.54) is 5.56 Å². The number of aliphatic hydroxyl groups excluding tert-OH is 1. The lowest BCUT2D eigenvalue weighted by Crippen LogP contribution is -2.50. The minimum atomic E-state index is -4.67. The van der Waals surface area contributed by atoms with Gasteiger partial charge in [0.15, 0.2) is 6.10 Å². The van der Waals surface area contributed by atoms with Crippen molar-refractivity contribution in [2.24, 2.45) is 0 Å². The average molecular weight is 570 g/mol. The molecule has 1 aliphatic carbocycles. The highest BCUT2D eigenvalue weighted by molar-refractivity contribution is 9.10. The fraction of sp³-hybridized carbons (Fsp3) is 0.560. The summed E-state index contributed by atoms with van der Waals surface area (Å²) in [6.07, 6.45) is -3.12. The van der Waals surface area contributed by atoms with Gasteiger partial charge >= 0.3 is 6.18 Å². The number of alkyl halides is 3. The maximum Gasteiger partial charge on any atom is 0.415 e. The second-order valence-electron chi connectivity index (χ2n) is 9.46. The second-order valence-corrected chi connectivity index (χ2v) is 10.4. The smallest absolute Gasteiger partial charge is 0.382 e. The van der Waals surface area contributed by atoms with Gasteiger partial charge in [0, 0.05) is 48.5 Å². The summed E-state index contributed by atoms with van der Waals surface area (Å²) in [5.41, 5.74) is 3.15. The van der Waals surface area contributed by atoms with Gasteiger partial charge in [0.2, 0.25) is 5.91 Å². The number of halogens is 4. The van der Waals surface area contributed by atoms with E-state index >= 15 is 0 Å². The van der Waals surface area contributed by atoms with Gasteiger partial charge in [-0.05, 0) is 49.4 Å². The largest absolute Gasteiger partial charge is 0.415 e. The topological polar surface area (TPSA) is 81.6 Å². The first-order valence-corrected chi connectivity index (χ1v) is 13.0. The molecular weight excluding hydrogens is 539 g/mol. The number of aryl methyl sites for hydroxylation is 1. The van der Waals surface area contributed by atoms with E-state index in [1.807, 2.05) is 29.2 Å². The van der Waals surface area contributed by atoms with Crippen LogP contribution in [0.4, 0.5) is 19.0 Å². The summed E-state index contributed by atoms with van der Waals surface area (Å²) in [5.74, 6) is 0.843. The van der Waals surface area contributed by atoms with Gasteiger partial charge in [0.05, 0.1) is 5.92 Å². The predicted molar refractivity (Wildman–Crippen MR) is 134 cm³/mol. The zero-order chi connectivity index (χ0) is 25.9. The minimum absolute atomic E-state index is 0.0450. The molecule has 0 spiro atoms. The molecule has 11 heteroatoms. The van der Waals surface area contributed by atoms with E-state index in [-0.39, 0.29) is 12.5 Å². The molecule has 1 aliphatic heterocycles. The van der Waals surface area contributed by atoms with Gasteiger partial charge in [-0.3, -0.25) is 4.79 Å². The molecule has 0 saturated carbocycles. The van der Waals surface area contributed by atoms with Gasteiger partial charge in [-0.2, -0.15) is 13.2 Å². The van der Waals surface area contributed by atoms with Gasteiger partial charge in [0.1, 0.15) is 12.1 Å². The summed E-state index contributed by atoms with van der Waals surface area (Å²) in [6.45, 7) is 4.16. The second kappa shape index (κ2) is 11.4. The van der Waals surface area contributed by atoms with E-state index in [0.717, 1.165) is 34.4 Å². The summed E-state index contributed by atoms with van der Waals surface area (Å²) < 4.78 is 38.7. The van der Waals surface area contributed by atoms with Gasteiger partial charge < -0.3 is 20.2 Å². The Morgan fingerprint density at radius 2 is 1.89 bits per heavy atom. The Morgan fingerprint density at radius 3 is 2.56 bits per heavy atom. The quantitative estimate of drug-likeness (QED) is 0.472. The number of aromatic nitrogens is 2. The van der Waals surface area contributed by atoms with E-state index in [2.05, 4.69) is 43.0 Å². The van der Waals surface area contributed by atoms with E-state index < -0.39 is 24.7 Å². The van der Waals surface area contributed by atoms with Crippen LogP contribution in [0.2, 0.25) is 0 Å². The Morgan fingerprint density at radius 1 is 1.19 bits per heavy atom. The Kier molecular flexibility index (Phi) is 8.52. The highest BCUT2D eigenvalue weighted by atomic mass is 79.9. The number of nitrogens with one attached hydrogen (secondary N) is 1. The van der Waals surface area contributed by atoms with Gasteiger partial charge in [-0.15, -0.1) is 0 Å². The van der Waals surface area contributed by atoms with E-state index in [4.69, 9.17) is 0 Å². The molecule has 2 heterocycles. The van der Waals surface area contributed by atoms with Crippen molar-refractivity contribution in [1.82, 2.24) is 20.2 Å². The number of piperazine rings is 1. The van der Waals surface area contributed by atoms with Crippen molar-refractivity contribution in [3.05, 3.63) is 51.9 Å². The average Bonchev–Trinajstić information content (AvgIpc) is 3.25. The molecule has 1 aromatic heterocycles. The number of carbonyl (C=O) groups is 1. The van der Waals surface area contributed by atoms with Crippen LogP contribution in [0.25, 0.3) is 0 Å². The number of anilines is 1.